The van der Waals surface area contributed by atoms with Crippen LogP contribution in [0.5, 0.6) is 11.5 Å². The van der Waals surface area contributed by atoms with Crippen molar-refractivity contribution in [2.24, 2.45) is 0 Å². The van der Waals surface area contributed by atoms with Crippen LogP contribution in [0, 0.1) is 0 Å². The van der Waals surface area contributed by atoms with Crippen molar-refractivity contribution in [1.82, 2.24) is 0 Å². The molecule has 160 valence electrons. The van der Waals surface area contributed by atoms with Crippen molar-refractivity contribution in [2.75, 3.05) is 23.4 Å². The molecular weight excluding hydrogens is 451 g/mol. The number of nitrogens with zero attached hydrogens (tertiary/aromatic N) is 1. The maximum Gasteiger partial charge on any atom is 0.282 e. The largest absolute Gasteiger partial charge is 0.486 e. The number of fused-ring (bicyclic) bond motifs is 1. The molecule has 0 saturated heterocycles. The Balaban J connectivity index is 1.60. The predicted molar refractivity (Wildman–Crippen MR) is 123 cm³/mol. The zero-order chi connectivity index (χ0) is 22.2. The molecular formula is C24H16Cl2N2O4. The number of benzene rings is 3. The van der Waals surface area contributed by atoms with Crippen LogP contribution in [0.4, 0.5) is 11.4 Å². The lowest BCUT2D eigenvalue weighted by Crippen LogP contribution is -2.32. The normalized spacial score (nSPS) is 15.4. The second kappa shape index (κ2) is 8.22. The molecule has 8 heteroatoms. The van der Waals surface area contributed by atoms with Crippen molar-refractivity contribution >= 4 is 52.0 Å². The number of hydrogen-bond donors (Lipinski definition) is 1. The quantitative estimate of drug-likeness (QED) is 0.537. The number of carbonyl (C=O) groups is 2. The first-order chi connectivity index (χ1) is 15.5. The minimum Gasteiger partial charge on any atom is -0.486 e. The summed E-state index contributed by atoms with van der Waals surface area (Å²) in [4.78, 5) is 28.0. The van der Waals surface area contributed by atoms with Crippen LogP contribution < -0.4 is 19.7 Å². The minimum absolute atomic E-state index is 0.129. The van der Waals surface area contributed by atoms with Gasteiger partial charge < -0.3 is 14.8 Å². The van der Waals surface area contributed by atoms with E-state index in [9.17, 15) is 9.59 Å². The number of ether oxygens (including phenoxy) is 2. The summed E-state index contributed by atoms with van der Waals surface area (Å²) < 4.78 is 11.2. The van der Waals surface area contributed by atoms with Gasteiger partial charge in [-0.2, -0.15) is 0 Å². The molecule has 3 aromatic carbocycles. The smallest absolute Gasteiger partial charge is 0.282 e. The fraction of sp³-hybridized carbons (Fsp3) is 0.0833. The Morgan fingerprint density at radius 3 is 2.34 bits per heavy atom. The molecule has 0 aliphatic carbocycles. The highest BCUT2D eigenvalue weighted by atomic mass is 35.5. The summed E-state index contributed by atoms with van der Waals surface area (Å²) in [6, 6.07) is 19.1. The fourth-order valence-corrected chi connectivity index (χ4v) is 4.05. The number of carbonyl (C=O) groups excluding carboxylic acids is 2. The van der Waals surface area contributed by atoms with Crippen molar-refractivity contribution < 1.29 is 19.1 Å². The maximum absolute atomic E-state index is 13.5. The molecule has 0 fully saturated rings. The average Bonchev–Trinajstić information content (AvgIpc) is 3.05. The van der Waals surface area contributed by atoms with E-state index < -0.39 is 11.8 Å². The van der Waals surface area contributed by atoms with Gasteiger partial charge in [-0.1, -0.05) is 59.6 Å². The topological polar surface area (TPSA) is 67.9 Å². The Bertz CT molecular complexity index is 1270. The van der Waals surface area contributed by atoms with E-state index in [4.69, 9.17) is 32.7 Å². The molecule has 0 saturated carbocycles. The van der Waals surface area contributed by atoms with Crippen molar-refractivity contribution in [1.29, 1.82) is 0 Å². The first-order valence-electron chi connectivity index (χ1n) is 9.84. The van der Waals surface area contributed by atoms with Gasteiger partial charge in [0.1, 0.15) is 18.9 Å². The summed E-state index contributed by atoms with van der Waals surface area (Å²) in [6.07, 6.45) is 0. The molecule has 1 N–H and O–H groups in total. The Morgan fingerprint density at radius 2 is 1.56 bits per heavy atom. The number of halogens is 2. The molecule has 6 nitrogen and oxygen atoms in total. The van der Waals surface area contributed by atoms with Crippen molar-refractivity contribution in [2.45, 2.75) is 0 Å². The molecule has 5 rings (SSSR count). The van der Waals surface area contributed by atoms with Gasteiger partial charge in [-0.25, -0.2) is 4.90 Å². The number of hydrogen-bond acceptors (Lipinski definition) is 5. The summed E-state index contributed by atoms with van der Waals surface area (Å²) in [7, 11) is 0. The van der Waals surface area contributed by atoms with Gasteiger partial charge in [-0.3, -0.25) is 9.59 Å². The average molecular weight is 467 g/mol. The van der Waals surface area contributed by atoms with Crippen LogP contribution in [0.15, 0.2) is 72.4 Å². The van der Waals surface area contributed by atoms with E-state index >= 15 is 0 Å². The molecule has 2 amide bonds. The molecule has 2 heterocycles. The third-order valence-electron chi connectivity index (χ3n) is 5.13. The van der Waals surface area contributed by atoms with Crippen LogP contribution in [0.3, 0.4) is 0 Å². The van der Waals surface area contributed by atoms with Gasteiger partial charge in [0, 0.05) is 11.8 Å². The molecule has 0 unspecified atom stereocenters. The highest BCUT2D eigenvalue weighted by Gasteiger charge is 2.41. The highest BCUT2D eigenvalue weighted by Crippen LogP contribution is 2.40. The van der Waals surface area contributed by atoms with Crippen molar-refractivity contribution in [3.63, 3.8) is 0 Å². The summed E-state index contributed by atoms with van der Waals surface area (Å²) in [5.74, 6) is 0.160. The molecule has 0 radical (unpaired) electrons. The molecule has 3 aromatic rings. The Morgan fingerprint density at radius 1 is 0.812 bits per heavy atom. The molecule has 32 heavy (non-hydrogen) atoms. The lowest BCUT2D eigenvalue weighted by atomic mass is 10.0. The number of nitrogens with one attached hydrogen (secondary N) is 1. The molecule has 2 aliphatic rings. The van der Waals surface area contributed by atoms with Crippen molar-refractivity contribution in [3.05, 3.63) is 88.0 Å². The monoisotopic (exact) mass is 466 g/mol. The summed E-state index contributed by atoms with van der Waals surface area (Å²) in [5, 5.41) is 3.49. The SMILES string of the molecule is O=C1C(Nc2ccc3c(c2)OCCO3)=C(c2ccccc2)C(=O)N1c1cccc(Cl)c1Cl. The number of amides is 2. The fourth-order valence-electron chi connectivity index (χ4n) is 3.67. The van der Waals surface area contributed by atoms with Crippen LogP contribution in [0.2, 0.25) is 10.0 Å². The van der Waals surface area contributed by atoms with Crippen LogP contribution in [0.25, 0.3) is 5.57 Å². The standard InChI is InChI=1S/C24H16Cl2N2O4/c25-16-7-4-8-17(21(16)26)28-23(29)20(14-5-2-1-3-6-14)22(24(28)30)27-15-9-10-18-19(13-15)32-12-11-31-18/h1-10,13,27H,11-12H2. The van der Waals surface area contributed by atoms with Gasteiger partial charge in [0.05, 0.1) is 21.3 Å². The van der Waals surface area contributed by atoms with Gasteiger partial charge in [-0.15, -0.1) is 0 Å². The highest BCUT2D eigenvalue weighted by molar-refractivity contribution is 6.50. The Hall–Kier alpha value is -3.48. The number of imide groups is 1. The first-order valence-corrected chi connectivity index (χ1v) is 10.6. The summed E-state index contributed by atoms with van der Waals surface area (Å²) in [6.45, 7) is 0.915. The van der Waals surface area contributed by atoms with Gasteiger partial charge >= 0.3 is 0 Å². The summed E-state index contributed by atoms with van der Waals surface area (Å²) in [5.41, 5.74) is 1.78. The van der Waals surface area contributed by atoms with Gasteiger partial charge in [0.25, 0.3) is 11.8 Å². The second-order valence-electron chi connectivity index (χ2n) is 7.12. The minimum atomic E-state index is -0.534. The Labute approximate surface area is 194 Å². The maximum atomic E-state index is 13.5. The van der Waals surface area contributed by atoms with Crippen LogP contribution in [-0.4, -0.2) is 25.0 Å². The third-order valence-corrected chi connectivity index (χ3v) is 5.94. The first kappa shape index (κ1) is 20.4. The van der Waals surface area contributed by atoms with Gasteiger partial charge in [0.15, 0.2) is 11.5 Å². The van der Waals surface area contributed by atoms with E-state index in [0.29, 0.717) is 36.0 Å². The number of anilines is 2. The van der Waals surface area contributed by atoms with Crippen molar-refractivity contribution in [3.8, 4) is 11.5 Å². The van der Waals surface area contributed by atoms with Crippen LogP contribution >= 0.6 is 23.2 Å². The van der Waals surface area contributed by atoms with Crippen LogP contribution in [-0.2, 0) is 9.59 Å². The van der Waals surface area contributed by atoms with Crippen LogP contribution in [0.1, 0.15) is 5.56 Å². The van der Waals surface area contributed by atoms with E-state index in [2.05, 4.69) is 5.32 Å². The van der Waals surface area contributed by atoms with E-state index in [1.54, 1.807) is 60.7 Å². The molecule has 0 atom stereocenters. The van der Waals surface area contributed by atoms with E-state index in [1.807, 2.05) is 6.07 Å². The van der Waals surface area contributed by atoms with Gasteiger partial charge in [0.2, 0.25) is 0 Å². The zero-order valence-corrected chi connectivity index (χ0v) is 18.1. The second-order valence-corrected chi connectivity index (χ2v) is 7.90. The van der Waals surface area contributed by atoms with Gasteiger partial charge in [-0.05, 0) is 29.8 Å². The van der Waals surface area contributed by atoms with E-state index in [-0.39, 0.29) is 27.0 Å². The lowest BCUT2D eigenvalue weighted by molar-refractivity contribution is -0.120. The molecule has 0 aromatic heterocycles. The summed E-state index contributed by atoms with van der Waals surface area (Å²) >= 11 is 12.5. The third kappa shape index (κ3) is 3.47. The Kier molecular flexibility index (Phi) is 5.25. The number of rotatable bonds is 4. The predicted octanol–water partition coefficient (Wildman–Crippen LogP) is 5.16. The molecule has 0 spiro atoms. The molecule has 0 bridgehead atoms. The van der Waals surface area contributed by atoms with E-state index in [1.165, 1.54) is 0 Å². The molecule has 2 aliphatic heterocycles. The zero-order valence-electron chi connectivity index (χ0n) is 16.6. The van der Waals surface area contributed by atoms with E-state index in [0.717, 1.165) is 4.90 Å². The lowest BCUT2D eigenvalue weighted by Gasteiger charge is -2.19.